The fraction of sp³-hybridized carbons (Fsp3) is 0.125. The van der Waals surface area contributed by atoms with Crippen LogP contribution in [-0.4, -0.2) is 0 Å². The Morgan fingerprint density at radius 1 is 1.27 bits per heavy atom. The van der Waals surface area contributed by atoms with Gasteiger partial charge in [-0.3, -0.25) is 0 Å². The third-order valence-electron chi connectivity index (χ3n) is 1.23. The van der Waals surface area contributed by atoms with Gasteiger partial charge in [-0.25, -0.2) is 4.39 Å². The van der Waals surface area contributed by atoms with Crippen molar-refractivity contribution in [3.63, 3.8) is 0 Å². The molecule has 0 aromatic heterocycles. The molecule has 0 fully saturated rings. The second kappa shape index (κ2) is 6.93. The summed E-state index contributed by atoms with van der Waals surface area (Å²) in [5, 5.41) is 0. The number of benzene rings is 1. The minimum absolute atomic E-state index is 0. The van der Waals surface area contributed by atoms with E-state index in [4.69, 9.17) is 0 Å². The van der Waals surface area contributed by atoms with Crippen LogP contribution in [0.1, 0.15) is 5.56 Å². The molecule has 0 heterocycles. The average Bonchev–Trinajstić information content (AvgIpc) is 1.89. The summed E-state index contributed by atoms with van der Waals surface area (Å²) in [6.45, 7) is 3.58. The summed E-state index contributed by atoms with van der Waals surface area (Å²) in [6, 6.07) is 6.67. The Balaban J connectivity index is 0. The first-order valence-electron chi connectivity index (χ1n) is 2.87. The van der Waals surface area contributed by atoms with E-state index >= 15 is 0 Å². The minimum Gasteiger partial charge on any atom is -1.00 e. The molecule has 3 heteroatoms. The predicted octanol–water partition coefficient (Wildman–Crippen LogP) is -0.796. The fourth-order valence-corrected chi connectivity index (χ4v) is 0.701. The second-order valence-corrected chi connectivity index (χ2v) is 1.84. The topological polar surface area (TPSA) is 0 Å². The Kier molecular flexibility index (Phi) is 8.71. The normalized spacial score (nSPS) is 7.82. The number of hydrogen-bond donors (Lipinski definition) is 0. The molecule has 0 amide bonds. The van der Waals surface area contributed by atoms with Crippen molar-refractivity contribution < 1.29 is 40.8 Å². The fourth-order valence-electron chi connectivity index (χ4n) is 0.701. The van der Waals surface area contributed by atoms with E-state index in [0.29, 0.717) is 12.0 Å². The largest absolute Gasteiger partial charge is 1.00 e. The molecule has 57 valence electrons. The molecule has 1 aromatic carbocycles. The Labute approximate surface area is 89.7 Å². The molecule has 0 nitrogen and oxygen atoms in total. The van der Waals surface area contributed by atoms with Crippen molar-refractivity contribution in [2.75, 3.05) is 0 Å². The molecule has 1 aromatic rings. The van der Waals surface area contributed by atoms with E-state index in [9.17, 15) is 4.39 Å². The van der Waals surface area contributed by atoms with Crippen LogP contribution in [0.25, 0.3) is 0 Å². The summed E-state index contributed by atoms with van der Waals surface area (Å²) in [5.74, 6) is -0.160. The maximum absolute atomic E-state index is 12.5. The van der Waals surface area contributed by atoms with Crippen LogP contribution in [0.15, 0.2) is 24.3 Å². The van der Waals surface area contributed by atoms with Gasteiger partial charge < -0.3 is 17.0 Å². The van der Waals surface area contributed by atoms with Crippen LogP contribution in [0, 0.1) is 12.7 Å². The third-order valence-corrected chi connectivity index (χ3v) is 1.23. The zero-order valence-electron chi connectivity index (χ0n) is 6.19. The van der Waals surface area contributed by atoms with Gasteiger partial charge in [0.15, 0.2) is 0 Å². The van der Waals surface area contributed by atoms with Gasteiger partial charge in [0.05, 0.1) is 0 Å². The van der Waals surface area contributed by atoms with Crippen molar-refractivity contribution in [1.29, 1.82) is 0 Å². The molecule has 1 rings (SSSR count). The Morgan fingerprint density at radius 3 is 2.18 bits per heavy atom. The molecule has 0 atom stereocenters. The molecule has 1 radical (unpaired) electrons. The maximum atomic E-state index is 12.5. The second-order valence-electron chi connectivity index (χ2n) is 1.84. The molecule has 0 saturated heterocycles. The predicted molar refractivity (Wildman–Crippen MR) is 35.5 cm³/mol. The van der Waals surface area contributed by atoms with Gasteiger partial charge in [-0.15, -0.1) is 0 Å². The molecule has 0 saturated carbocycles. The van der Waals surface area contributed by atoms with E-state index in [1.807, 2.05) is 6.07 Å². The summed E-state index contributed by atoms with van der Waals surface area (Å²) in [7, 11) is 0. The molecular weight excluding hydrogens is 260 g/mol. The molecule has 0 unspecified atom stereocenters. The SMILES string of the molecule is [Br-].[CH2]Cc1ccccc1F.[Zn]. The molecular formula is C8H8BrFZn-. The smallest absolute Gasteiger partial charge is 0.126 e. The molecule has 0 aliphatic carbocycles. The van der Waals surface area contributed by atoms with Crippen LogP contribution < -0.4 is 17.0 Å². The first-order valence-corrected chi connectivity index (χ1v) is 2.87. The van der Waals surface area contributed by atoms with Gasteiger partial charge in [-0.2, -0.15) is 0 Å². The van der Waals surface area contributed by atoms with Gasteiger partial charge in [0, 0.05) is 19.5 Å². The Bertz CT molecular complexity index is 203. The van der Waals surface area contributed by atoms with Crippen molar-refractivity contribution in [3.8, 4) is 0 Å². The summed E-state index contributed by atoms with van der Waals surface area (Å²) >= 11 is 0. The van der Waals surface area contributed by atoms with Crippen molar-refractivity contribution in [2.45, 2.75) is 6.42 Å². The van der Waals surface area contributed by atoms with Crippen LogP contribution in [0.3, 0.4) is 0 Å². The van der Waals surface area contributed by atoms with E-state index in [-0.39, 0.29) is 42.3 Å². The summed E-state index contributed by atoms with van der Waals surface area (Å²) in [4.78, 5) is 0. The van der Waals surface area contributed by atoms with Gasteiger partial charge in [0.25, 0.3) is 0 Å². The molecule has 11 heavy (non-hydrogen) atoms. The molecule has 0 spiro atoms. The Hall–Kier alpha value is 0.253. The van der Waals surface area contributed by atoms with Crippen LogP contribution in [-0.2, 0) is 25.9 Å². The van der Waals surface area contributed by atoms with Crippen molar-refractivity contribution in [1.82, 2.24) is 0 Å². The zero-order valence-corrected chi connectivity index (χ0v) is 10.7. The van der Waals surface area contributed by atoms with E-state index < -0.39 is 0 Å². The summed E-state index contributed by atoms with van der Waals surface area (Å²) in [6.07, 6.45) is 0.521. The molecule has 0 aliphatic heterocycles. The van der Waals surface area contributed by atoms with E-state index in [2.05, 4.69) is 6.92 Å². The Morgan fingerprint density at radius 2 is 1.82 bits per heavy atom. The number of rotatable bonds is 1. The monoisotopic (exact) mass is 266 g/mol. The van der Waals surface area contributed by atoms with E-state index in [1.54, 1.807) is 12.1 Å². The van der Waals surface area contributed by atoms with Crippen LogP contribution in [0.4, 0.5) is 4.39 Å². The van der Waals surface area contributed by atoms with Crippen molar-refractivity contribution in [2.24, 2.45) is 0 Å². The zero-order chi connectivity index (χ0) is 6.69. The standard InChI is InChI=1S/C8H8F.BrH.Zn/c1-2-7-5-3-4-6-8(7)9;;/h3-6H,1-2H2;1H;/p-1. The first-order chi connectivity index (χ1) is 4.34. The van der Waals surface area contributed by atoms with Crippen LogP contribution in [0.2, 0.25) is 0 Å². The number of hydrogen-bond acceptors (Lipinski definition) is 0. The molecule has 0 N–H and O–H groups in total. The van der Waals surface area contributed by atoms with Crippen molar-refractivity contribution >= 4 is 0 Å². The average molecular weight is 268 g/mol. The molecule has 0 aliphatic rings. The minimum atomic E-state index is -0.160. The molecule has 0 bridgehead atoms. The number of halogens is 2. The maximum Gasteiger partial charge on any atom is 0.126 e. The van der Waals surface area contributed by atoms with Gasteiger partial charge >= 0.3 is 0 Å². The third kappa shape index (κ3) is 3.98. The van der Waals surface area contributed by atoms with Gasteiger partial charge in [-0.05, 0) is 25.0 Å². The van der Waals surface area contributed by atoms with E-state index in [1.165, 1.54) is 6.07 Å². The van der Waals surface area contributed by atoms with Gasteiger partial charge in [-0.1, -0.05) is 18.2 Å². The van der Waals surface area contributed by atoms with Gasteiger partial charge in [0.1, 0.15) is 5.82 Å². The first kappa shape index (κ1) is 13.8. The summed E-state index contributed by atoms with van der Waals surface area (Å²) < 4.78 is 12.5. The van der Waals surface area contributed by atoms with Gasteiger partial charge in [0.2, 0.25) is 0 Å². The van der Waals surface area contributed by atoms with Crippen LogP contribution in [0.5, 0.6) is 0 Å². The van der Waals surface area contributed by atoms with Crippen molar-refractivity contribution in [3.05, 3.63) is 42.6 Å². The van der Waals surface area contributed by atoms with E-state index in [0.717, 1.165) is 0 Å². The summed E-state index contributed by atoms with van der Waals surface area (Å²) in [5.41, 5.74) is 0.678. The van der Waals surface area contributed by atoms with Crippen LogP contribution >= 0.6 is 0 Å². The quantitative estimate of drug-likeness (QED) is 0.585.